The van der Waals surface area contributed by atoms with Gasteiger partial charge in [-0.1, -0.05) is 26.0 Å². The third kappa shape index (κ3) is 3.07. The van der Waals surface area contributed by atoms with Crippen LogP contribution in [0, 0.1) is 6.92 Å². The maximum atomic E-state index is 5.82. The minimum absolute atomic E-state index is 0.540. The van der Waals surface area contributed by atoms with Gasteiger partial charge in [-0.3, -0.25) is 0 Å². The minimum Gasteiger partial charge on any atom is -0.397 e. The lowest BCUT2D eigenvalue weighted by atomic mass is 10.0. The van der Waals surface area contributed by atoms with Crippen LogP contribution in [0.3, 0.4) is 0 Å². The van der Waals surface area contributed by atoms with E-state index in [2.05, 4.69) is 64.3 Å². The predicted molar refractivity (Wildman–Crippen MR) is 84.9 cm³/mol. The predicted octanol–water partition coefficient (Wildman–Crippen LogP) is 4.60. The van der Waals surface area contributed by atoms with E-state index in [0.29, 0.717) is 11.6 Å². The molecule has 0 saturated carbocycles. The van der Waals surface area contributed by atoms with Crippen LogP contribution in [0.25, 0.3) is 0 Å². The van der Waals surface area contributed by atoms with E-state index in [-0.39, 0.29) is 0 Å². The fourth-order valence-electron chi connectivity index (χ4n) is 1.77. The highest BCUT2D eigenvalue weighted by molar-refractivity contribution is 9.10. The van der Waals surface area contributed by atoms with Crippen LogP contribution < -0.4 is 11.1 Å². The van der Waals surface area contributed by atoms with Crippen molar-refractivity contribution in [2.24, 2.45) is 0 Å². The van der Waals surface area contributed by atoms with Crippen molar-refractivity contribution in [1.29, 1.82) is 0 Å². The standard InChI is InChI=1S/C15H18BrN3/c1-9(2)11-4-6-12(7-5-11)19-15-14(16)10(3)13(17)8-18-15/h4-9H,17H2,1-3H3,(H,18,19). The van der Waals surface area contributed by atoms with Crippen molar-refractivity contribution in [2.75, 3.05) is 11.1 Å². The average molecular weight is 320 g/mol. The summed E-state index contributed by atoms with van der Waals surface area (Å²) in [5.74, 6) is 1.32. The first-order valence-corrected chi connectivity index (χ1v) is 7.06. The van der Waals surface area contributed by atoms with Crippen LogP contribution in [0.1, 0.15) is 30.9 Å². The molecule has 4 heteroatoms. The second kappa shape index (κ2) is 5.61. The topological polar surface area (TPSA) is 50.9 Å². The van der Waals surface area contributed by atoms with Gasteiger partial charge in [-0.2, -0.15) is 0 Å². The Kier molecular flexibility index (Phi) is 4.10. The molecule has 0 fully saturated rings. The van der Waals surface area contributed by atoms with Gasteiger partial charge in [0.25, 0.3) is 0 Å². The summed E-state index contributed by atoms with van der Waals surface area (Å²) in [4.78, 5) is 4.31. The van der Waals surface area contributed by atoms with Gasteiger partial charge >= 0.3 is 0 Å². The third-order valence-electron chi connectivity index (χ3n) is 3.14. The third-order valence-corrected chi connectivity index (χ3v) is 4.11. The van der Waals surface area contributed by atoms with E-state index in [4.69, 9.17) is 5.73 Å². The molecule has 0 spiro atoms. The monoisotopic (exact) mass is 319 g/mol. The van der Waals surface area contributed by atoms with Crippen molar-refractivity contribution in [1.82, 2.24) is 4.98 Å². The van der Waals surface area contributed by atoms with Crippen LogP contribution in [-0.4, -0.2) is 4.98 Å². The summed E-state index contributed by atoms with van der Waals surface area (Å²) in [6, 6.07) is 8.39. The van der Waals surface area contributed by atoms with Gasteiger partial charge in [0.05, 0.1) is 16.4 Å². The fraction of sp³-hybridized carbons (Fsp3) is 0.267. The van der Waals surface area contributed by atoms with Gasteiger partial charge in [-0.25, -0.2) is 4.98 Å². The summed E-state index contributed by atoms with van der Waals surface area (Å²) < 4.78 is 0.903. The molecule has 3 nitrogen and oxygen atoms in total. The van der Waals surface area contributed by atoms with E-state index in [1.54, 1.807) is 6.20 Å². The number of halogens is 1. The number of benzene rings is 1. The normalized spacial score (nSPS) is 10.8. The molecule has 0 aliphatic carbocycles. The molecule has 0 amide bonds. The van der Waals surface area contributed by atoms with Gasteiger partial charge in [0.15, 0.2) is 0 Å². The molecule has 2 aromatic rings. The molecule has 0 bridgehead atoms. The molecule has 1 aromatic heterocycles. The summed E-state index contributed by atoms with van der Waals surface area (Å²) in [6.45, 7) is 6.34. The molecule has 100 valence electrons. The number of hydrogen-bond acceptors (Lipinski definition) is 3. The fourth-order valence-corrected chi connectivity index (χ4v) is 2.20. The zero-order chi connectivity index (χ0) is 14.0. The molecule has 0 unspecified atom stereocenters. The van der Waals surface area contributed by atoms with Gasteiger partial charge in [-0.05, 0) is 52.0 Å². The highest BCUT2D eigenvalue weighted by Gasteiger charge is 2.07. The zero-order valence-corrected chi connectivity index (χ0v) is 13.0. The average Bonchev–Trinajstić information content (AvgIpc) is 2.40. The highest BCUT2D eigenvalue weighted by Crippen LogP contribution is 2.30. The van der Waals surface area contributed by atoms with Crippen LogP contribution in [0.5, 0.6) is 0 Å². The number of anilines is 3. The van der Waals surface area contributed by atoms with Gasteiger partial charge in [-0.15, -0.1) is 0 Å². The summed E-state index contributed by atoms with van der Waals surface area (Å²) in [6.07, 6.45) is 1.67. The number of nitrogens with one attached hydrogen (secondary N) is 1. The second-order valence-electron chi connectivity index (χ2n) is 4.90. The molecule has 0 atom stereocenters. The molecule has 0 aliphatic heterocycles. The van der Waals surface area contributed by atoms with E-state index in [1.165, 1.54) is 5.56 Å². The summed E-state index contributed by atoms with van der Waals surface area (Å²) >= 11 is 3.52. The number of aromatic nitrogens is 1. The molecule has 1 heterocycles. The van der Waals surface area contributed by atoms with Crippen molar-refractivity contribution in [2.45, 2.75) is 26.7 Å². The van der Waals surface area contributed by atoms with E-state index in [9.17, 15) is 0 Å². The van der Waals surface area contributed by atoms with E-state index in [0.717, 1.165) is 21.5 Å². The second-order valence-corrected chi connectivity index (χ2v) is 5.70. The Morgan fingerprint density at radius 3 is 2.42 bits per heavy atom. The maximum absolute atomic E-state index is 5.82. The van der Waals surface area contributed by atoms with Crippen LogP contribution >= 0.6 is 15.9 Å². The number of hydrogen-bond donors (Lipinski definition) is 2. The number of nitrogen functional groups attached to an aromatic ring is 1. The zero-order valence-electron chi connectivity index (χ0n) is 11.4. The molecule has 0 saturated heterocycles. The Bertz CT molecular complexity index is 577. The summed E-state index contributed by atoms with van der Waals surface area (Å²) in [5.41, 5.74) is 9.84. The molecule has 1 aromatic carbocycles. The molecule has 2 rings (SSSR count). The first-order chi connectivity index (χ1) is 8.99. The lowest BCUT2D eigenvalue weighted by Crippen LogP contribution is -1.99. The van der Waals surface area contributed by atoms with E-state index in [1.807, 2.05) is 6.92 Å². The Morgan fingerprint density at radius 1 is 1.21 bits per heavy atom. The van der Waals surface area contributed by atoms with Gasteiger partial charge in [0.2, 0.25) is 0 Å². The quantitative estimate of drug-likeness (QED) is 0.869. The van der Waals surface area contributed by atoms with Gasteiger partial charge in [0.1, 0.15) is 5.82 Å². The molecule has 3 N–H and O–H groups in total. The molecule has 0 aliphatic rings. The first kappa shape index (κ1) is 13.9. The van der Waals surface area contributed by atoms with Crippen molar-refractivity contribution < 1.29 is 0 Å². The highest BCUT2D eigenvalue weighted by atomic mass is 79.9. The largest absolute Gasteiger partial charge is 0.397 e. The molecular formula is C15H18BrN3. The Morgan fingerprint density at radius 2 is 1.84 bits per heavy atom. The van der Waals surface area contributed by atoms with Gasteiger partial charge < -0.3 is 11.1 Å². The van der Waals surface area contributed by atoms with Crippen molar-refractivity contribution in [3.05, 3.63) is 46.1 Å². The van der Waals surface area contributed by atoms with Crippen molar-refractivity contribution in [3.63, 3.8) is 0 Å². The molecular weight excluding hydrogens is 302 g/mol. The van der Waals surface area contributed by atoms with Crippen LogP contribution in [-0.2, 0) is 0 Å². The van der Waals surface area contributed by atoms with Crippen molar-refractivity contribution >= 4 is 33.1 Å². The number of nitrogens with two attached hydrogens (primary N) is 1. The number of rotatable bonds is 3. The van der Waals surface area contributed by atoms with E-state index < -0.39 is 0 Å². The van der Waals surface area contributed by atoms with Crippen LogP contribution in [0.2, 0.25) is 0 Å². The number of nitrogens with zero attached hydrogens (tertiary/aromatic N) is 1. The van der Waals surface area contributed by atoms with Crippen LogP contribution in [0.15, 0.2) is 34.9 Å². The van der Waals surface area contributed by atoms with Crippen molar-refractivity contribution in [3.8, 4) is 0 Å². The Balaban J connectivity index is 2.24. The van der Waals surface area contributed by atoms with Gasteiger partial charge in [0, 0.05) is 5.69 Å². The molecule has 19 heavy (non-hydrogen) atoms. The lowest BCUT2D eigenvalue weighted by Gasteiger charge is -2.12. The lowest BCUT2D eigenvalue weighted by molar-refractivity contribution is 0.867. The Hall–Kier alpha value is -1.55. The minimum atomic E-state index is 0.540. The Labute approximate surface area is 122 Å². The first-order valence-electron chi connectivity index (χ1n) is 6.26. The van der Waals surface area contributed by atoms with Crippen LogP contribution in [0.4, 0.5) is 17.2 Å². The molecule has 0 radical (unpaired) electrons. The summed E-state index contributed by atoms with van der Waals surface area (Å²) in [5, 5.41) is 3.29. The SMILES string of the molecule is Cc1c(N)cnc(Nc2ccc(C(C)C)cc2)c1Br. The number of pyridine rings is 1. The smallest absolute Gasteiger partial charge is 0.145 e. The maximum Gasteiger partial charge on any atom is 0.145 e. The van der Waals surface area contributed by atoms with E-state index >= 15 is 0 Å². The summed E-state index contributed by atoms with van der Waals surface area (Å²) in [7, 11) is 0.